The highest BCUT2D eigenvalue weighted by atomic mass is 16.8. The van der Waals surface area contributed by atoms with E-state index in [1.807, 2.05) is 0 Å². The highest BCUT2D eigenvalue weighted by molar-refractivity contribution is 5.74. The molecule has 20 heteroatoms. The van der Waals surface area contributed by atoms with Crippen molar-refractivity contribution in [2.24, 2.45) is 0 Å². The van der Waals surface area contributed by atoms with Crippen molar-refractivity contribution in [1.29, 1.82) is 0 Å². The molecule has 2 fully saturated rings. The summed E-state index contributed by atoms with van der Waals surface area (Å²) in [6.45, 7) is 7.50. The number of esters is 5. The van der Waals surface area contributed by atoms with Crippen molar-refractivity contribution in [1.82, 2.24) is 10.6 Å². The SMILES string of the molecule is CC(=O)N[C@H]1[C@H](O[C@H]2[C@H](O[C@H](C)C(=O)O)[C@@H](NC(C)=O)[C@@H](OC(C)=O)O[C@@H]2COC(C)=O)O[C@H](COC(C)=O)[C@@H](OC(C)=O)[C@@H]1OC(C)=O. The third-order valence-corrected chi connectivity index (χ3v) is 6.82. The molecule has 0 bridgehead atoms. The van der Waals surface area contributed by atoms with E-state index >= 15 is 0 Å². The summed E-state index contributed by atoms with van der Waals surface area (Å²) >= 11 is 0. The fourth-order valence-electron chi connectivity index (χ4n) is 5.07. The van der Waals surface area contributed by atoms with Gasteiger partial charge in [-0.3, -0.25) is 33.6 Å². The number of hydrogen-bond donors (Lipinski definition) is 3. The predicted octanol–water partition coefficient (Wildman–Crippen LogP) is -1.76. The number of carboxylic acids is 1. The van der Waals surface area contributed by atoms with E-state index in [1.54, 1.807) is 0 Å². The Morgan fingerprint density at radius 1 is 0.592 bits per heavy atom. The molecule has 0 aromatic heterocycles. The third kappa shape index (κ3) is 12.5. The molecular weight excluding hydrogens is 664 g/mol. The molecule has 11 atom stereocenters. The van der Waals surface area contributed by atoms with Gasteiger partial charge < -0.3 is 58.4 Å². The average molecular weight is 707 g/mol. The van der Waals surface area contributed by atoms with Crippen LogP contribution in [0.3, 0.4) is 0 Å². The molecule has 49 heavy (non-hydrogen) atoms. The Balaban J connectivity index is 2.78. The normalized spacial score (nSPS) is 30.0. The van der Waals surface area contributed by atoms with Crippen molar-refractivity contribution in [3.8, 4) is 0 Å². The molecule has 2 rings (SSSR count). The van der Waals surface area contributed by atoms with Crippen molar-refractivity contribution >= 4 is 47.6 Å². The van der Waals surface area contributed by atoms with E-state index in [0.29, 0.717) is 0 Å². The minimum absolute atomic E-state index is 0.575. The van der Waals surface area contributed by atoms with Gasteiger partial charge >= 0.3 is 35.8 Å². The van der Waals surface area contributed by atoms with E-state index in [4.69, 9.17) is 42.6 Å². The standard InChI is InChI=1S/C29H42N2O18/c1-11(27(39)40)43-25-21(30-12(2)32)28(46-18(8)38)47-20(10-42-15(5)35)24(25)49-29-22(31-13(3)33)26(45-17(7)37)23(44-16(6)36)19(48-29)9-41-14(4)34/h11,19-26,28-29H,9-10H2,1-8H3,(H,30,32)(H,31,33)(H,39,40)/t11-,19-,20-,21-,22-,23-,24-,25-,26-,28+,29+/m1/s1. The first-order valence-corrected chi connectivity index (χ1v) is 15.0. The summed E-state index contributed by atoms with van der Waals surface area (Å²) in [6, 6.07) is -2.95. The predicted molar refractivity (Wildman–Crippen MR) is 156 cm³/mol. The summed E-state index contributed by atoms with van der Waals surface area (Å²) in [5.74, 6) is -6.98. The molecule has 2 aliphatic rings. The Hall–Kier alpha value is -4.40. The lowest BCUT2D eigenvalue weighted by Crippen LogP contribution is -2.70. The Morgan fingerprint density at radius 3 is 1.45 bits per heavy atom. The van der Waals surface area contributed by atoms with Crippen LogP contribution in [-0.2, 0) is 81.0 Å². The lowest BCUT2D eigenvalue weighted by atomic mass is 9.93. The molecule has 20 nitrogen and oxygen atoms in total. The van der Waals surface area contributed by atoms with Crippen LogP contribution in [0, 0.1) is 0 Å². The molecule has 2 aliphatic heterocycles. The molecule has 3 N–H and O–H groups in total. The largest absolute Gasteiger partial charge is 0.479 e. The number of nitrogens with one attached hydrogen (secondary N) is 2. The summed E-state index contributed by atoms with van der Waals surface area (Å²) in [4.78, 5) is 96.7. The van der Waals surface area contributed by atoms with Gasteiger partial charge in [-0.05, 0) is 6.92 Å². The molecule has 0 saturated carbocycles. The van der Waals surface area contributed by atoms with Gasteiger partial charge in [0, 0.05) is 48.5 Å². The highest BCUT2D eigenvalue weighted by Crippen LogP contribution is 2.34. The maximum Gasteiger partial charge on any atom is 0.332 e. The van der Waals surface area contributed by atoms with Gasteiger partial charge in [0.1, 0.15) is 49.7 Å². The quantitative estimate of drug-likeness (QED) is 0.133. The molecule has 2 saturated heterocycles. The lowest BCUT2D eigenvalue weighted by Gasteiger charge is -2.49. The fraction of sp³-hybridized carbons (Fsp3) is 0.724. The number of amides is 2. The van der Waals surface area contributed by atoms with Gasteiger partial charge in [0.05, 0.1) is 0 Å². The van der Waals surface area contributed by atoms with Gasteiger partial charge in [-0.1, -0.05) is 0 Å². The zero-order valence-corrected chi connectivity index (χ0v) is 28.2. The minimum Gasteiger partial charge on any atom is -0.479 e. The molecule has 2 amide bonds. The third-order valence-electron chi connectivity index (χ3n) is 6.82. The van der Waals surface area contributed by atoms with Crippen LogP contribution < -0.4 is 10.6 Å². The zero-order chi connectivity index (χ0) is 37.2. The maximum absolute atomic E-state index is 12.4. The number of aliphatic carboxylic acids is 1. The molecule has 0 spiro atoms. The number of carbonyl (C=O) groups excluding carboxylic acids is 7. The summed E-state index contributed by atoms with van der Waals surface area (Å²) in [6.07, 6.45) is -14.0. The van der Waals surface area contributed by atoms with Gasteiger partial charge in [0.25, 0.3) is 0 Å². The van der Waals surface area contributed by atoms with E-state index in [1.165, 1.54) is 0 Å². The van der Waals surface area contributed by atoms with Crippen LogP contribution in [0.5, 0.6) is 0 Å². The van der Waals surface area contributed by atoms with Gasteiger partial charge in [0.15, 0.2) is 24.6 Å². The van der Waals surface area contributed by atoms with Crippen LogP contribution in [-0.4, -0.2) is 133 Å². The number of hydrogen-bond acceptors (Lipinski definition) is 17. The van der Waals surface area contributed by atoms with Crippen LogP contribution in [0.15, 0.2) is 0 Å². The highest BCUT2D eigenvalue weighted by Gasteiger charge is 2.56. The topological polar surface area (TPSA) is 264 Å². The van der Waals surface area contributed by atoms with Crippen molar-refractivity contribution in [2.45, 2.75) is 123 Å². The van der Waals surface area contributed by atoms with E-state index in [-0.39, 0.29) is 0 Å². The summed E-state index contributed by atoms with van der Waals surface area (Å²) in [5, 5.41) is 14.7. The van der Waals surface area contributed by atoms with Gasteiger partial charge in [-0.2, -0.15) is 0 Å². The van der Waals surface area contributed by atoms with Crippen LogP contribution in [0.4, 0.5) is 0 Å². The average Bonchev–Trinajstić information content (AvgIpc) is 2.95. The van der Waals surface area contributed by atoms with E-state index < -0.39 is 128 Å². The smallest absolute Gasteiger partial charge is 0.332 e. The number of rotatable bonds is 14. The molecule has 0 aromatic rings. The maximum atomic E-state index is 12.4. The first-order chi connectivity index (χ1) is 22.8. The first-order valence-electron chi connectivity index (χ1n) is 15.0. The van der Waals surface area contributed by atoms with E-state index in [2.05, 4.69) is 10.6 Å². The van der Waals surface area contributed by atoms with Gasteiger partial charge in [-0.25, -0.2) is 4.79 Å². The van der Waals surface area contributed by atoms with Gasteiger partial charge in [0.2, 0.25) is 18.1 Å². The van der Waals surface area contributed by atoms with E-state index in [9.17, 15) is 43.5 Å². The van der Waals surface area contributed by atoms with Crippen molar-refractivity contribution < 1.29 is 86.1 Å². The summed E-state index contributed by atoms with van der Waals surface area (Å²) in [5.41, 5.74) is 0. The monoisotopic (exact) mass is 706 g/mol. The Morgan fingerprint density at radius 2 is 1.02 bits per heavy atom. The molecule has 0 aliphatic carbocycles. The molecule has 0 unspecified atom stereocenters. The van der Waals surface area contributed by atoms with Crippen LogP contribution in [0.25, 0.3) is 0 Å². The van der Waals surface area contributed by atoms with Crippen molar-refractivity contribution in [2.75, 3.05) is 13.2 Å². The van der Waals surface area contributed by atoms with Crippen LogP contribution >= 0.6 is 0 Å². The van der Waals surface area contributed by atoms with E-state index in [0.717, 1.165) is 55.4 Å². The fourth-order valence-corrected chi connectivity index (χ4v) is 5.07. The molecule has 0 aromatic carbocycles. The second-order valence-electron chi connectivity index (χ2n) is 11.1. The summed E-state index contributed by atoms with van der Waals surface area (Å²) in [7, 11) is 0. The lowest BCUT2D eigenvalue weighted by molar-refractivity contribution is -0.335. The van der Waals surface area contributed by atoms with Crippen molar-refractivity contribution in [3.05, 3.63) is 0 Å². The Bertz CT molecular complexity index is 1260. The second-order valence-corrected chi connectivity index (χ2v) is 11.1. The first kappa shape index (κ1) is 40.8. The number of carbonyl (C=O) groups is 8. The van der Waals surface area contributed by atoms with Crippen molar-refractivity contribution in [3.63, 3.8) is 0 Å². The number of ether oxygens (including phenoxy) is 9. The number of carboxylic acid groups (broad SMARTS) is 1. The van der Waals surface area contributed by atoms with Crippen LogP contribution in [0.2, 0.25) is 0 Å². The molecule has 276 valence electrons. The van der Waals surface area contributed by atoms with Crippen LogP contribution in [0.1, 0.15) is 55.4 Å². The minimum atomic E-state index is -1.73. The zero-order valence-electron chi connectivity index (χ0n) is 28.2. The molecule has 2 heterocycles. The summed E-state index contributed by atoms with van der Waals surface area (Å²) < 4.78 is 50.5. The molecular formula is C29H42N2O18. The van der Waals surface area contributed by atoms with Gasteiger partial charge in [-0.15, -0.1) is 0 Å². The second kappa shape index (κ2) is 18.4. The Labute approximate surface area is 280 Å². The molecule has 0 radical (unpaired) electrons. The Kier molecular flexibility index (Phi) is 15.3.